The number of thioether (sulfide) groups is 1. The normalized spacial score (nSPS) is 14.2. The van der Waals surface area contributed by atoms with Crippen molar-refractivity contribution in [1.82, 2.24) is 34.2 Å². The first-order valence-electron chi connectivity index (χ1n) is 10.1. The molecule has 0 radical (unpaired) electrons. The fourth-order valence-electron chi connectivity index (χ4n) is 3.80. The van der Waals surface area contributed by atoms with Gasteiger partial charge in [-0.1, -0.05) is 30.0 Å². The maximum atomic E-state index is 13.8. The average molecular weight is 455 g/mol. The molecule has 1 fully saturated rings. The molecule has 4 heterocycles. The molecule has 0 aliphatic carbocycles. The van der Waals surface area contributed by atoms with E-state index in [2.05, 4.69) is 20.2 Å². The lowest BCUT2D eigenvalue weighted by Crippen LogP contribution is -2.25. The molecule has 164 valence electrons. The number of para-hydroxylation sites is 2. The van der Waals surface area contributed by atoms with E-state index in [4.69, 9.17) is 0 Å². The summed E-state index contributed by atoms with van der Waals surface area (Å²) in [4.78, 5) is 22.6. The van der Waals surface area contributed by atoms with E-state index in [0.717, 1.165) is 11.0 Å². The number of nitrogens with zero attached hydrogens (tertiary/aromatic N) is 7. The second-order valence-corrected chi connectivity index (χ2v) is 8.24. The highest BCUT2D eigenvalue weighted by molar-refractivity contribution is 7.98. The molecule has 1 aromatic carbocycles. The quantitative estimate of drug-likeness (QED) is 0.394. The molecule has 4 aromatic rings. The molecule has 3 aromatic heterocycles. The van der Waals surface area contributed by atoms with Crippen LogP contribution in [0.15, 0.2) is 53.8 Å². The molecule has 32 heavy (non-hydrogen) atoms. The summed E-state index contributed by atoms with van der Waals surface area (Å²) in [6, 6.07) is 12.3. The predicted molar refractivity (Wildman–Crippen MR) is 114 cm³/mol. The van der Waals surface area contributed by atoms with Crippen LogP contribution in [0.5, 0.6) is 0 Å². The summed E-state index contributed by atoms with van der Waals surface area (Å²) in [6.45, 7) is -1.71. The van der Waals surface area contributed by atoms with Gasteiger partial charge in [-0.15, -0.1) is 10.2 Å². The minimum atomic E-state index is -2.71. The standard InChI is InChI=1S/C21H19F2N7OS/c22-20(23)29-15-7-2-1-6-14(15)25-18(29)13-32-21-27-26-17(12-28-11-5-9-19(28)31)30(21)16-8-3-4-10-24-16/h1-4,6-8,10,20H,5,9,11-13H2. The molecule has 11 heteroatoms. The zero-order valence-corrected chi connectivity index (χ0v) is 17.8. The van der Waals surface area contributed by atoms with Gasteiger partial charge in [-0.3, -0.25) is 13.9 Å². The zero-order chi connectivity index (χ0) is 22.1. The Morgan fingerprint density at radius 2 is 1.91 bits per heavy atom. The zero-order valence-electron chi connectivity index (χ0n) is 16.9. The molecule has 8 nitrogen and oxygen atoms in total. The number of aromatic nitrogens is 6. The third-order valence-corrected chi connectivity index (χ3v) is 6.20. The van der Waals surface area contributed by atoms with Crippen molar-refractivity contribution in [3.8, 4) is 5.82 Å². The summed E-state index contributed by atoms with van der Waals surface area (Å²) in [5.41, 5.74) is 0.903. The SMILES string of the molecule is O=C1CCCN1Cc1nnc(SCc2nc3ccccc3n2C(F)F)n1-c1ccccn1. The number of pyridine rings is 1. The van der Waals surface area contributed by atoms with Gasteiger partial charge < -0.3 is 4.90 Å². The monoisotopic (exact) mass is 455 g/mol. The highest BCUT2D eigenvalue weighted by atomic mass is 32.2. The van der Waals surface area contributed by atoms with Crippen molar-refractivity contribution in [3.05, 3.63) is 60.3 Å². The number of rotatable bonds is 7. The van der Waals surface area contributed by atoms with Crippen LogP contribution in [0.25, 0.3) is 16.9 Å². The maximum Gasteiger partial charge on any atom is 0.320 e. The Labute approximate surface area is 186 Å². The van der Waals surface area contributed by atoms with Crippen molar-refractivity contribution < 1.29 is 13.6 Å². The molecule has 0 N–H and O–H groups in total. The lowest BCUT2D eigenvalue weighted by atomic mass is 10.3. The van der Waals surface area contributed by atoms with Crippen LogP contribution in [0.2, 0.25) is 0 Å². The molecule has 1 aliphatic heterocycles. The first-order valence-corrected chi connectivity index (χ1v) is 11.1. The third kappa shape index (κ3) is 3.83. The van der Waals surface area contributed by atoms with E-state index in [1.54, 1.807) is 46.0 Å². The van der Waals surface area contributed by atoms with E-state index in [1.165, 1.54) is 11.8 Å². The van der Waals surface area contributed by atoms with E-state index in [9.17, 15) is 13.6 Å². The van der Waals surface area contributed by atoms with Crippen LogP contribution < -0.4 is 0 Å². The van der Waals surface area contributed by atoms with Gasteiger partial charge in [0, 0.05) is 19.2 Å². The highest BCUT2D eigenvalue weighted by Gasteiger charge is 2.25. The number of alkyl halides is 2. The van der Waals surface area contributed by atoms with Crippen LogP contribution >= 0.6 is 11.8 Å². The average Bonchev–Trinajstić information content (AvgIpc) is 3.50. The topological polar surface area (TPSA) is 81.7 Å². The molecule has 0 atom stereocenters. The van der Waals surface area contributed by atoms with Crippen LogP contribution in [-0.2, 0) is 17.1 Å². The lowest BCUT2D eigenvalue weighted by molar-refractivity contribution is -0.128. The van der Waals surface area contributed by atoms with Gasteiger partial charge in [-0.2, -0.15) is 8.78 Å². The Morgan fingerprint density at radius 1 is 1.06 bits per heavy atom. The summed E-state index contributed by atoms with van der Waals surface area (Å²) in [6.07, 6.45) is 3.01. The van der Waals surface area contributed by atoms with E-state index >= 15 is 0 Å². The smallest absolute Gasteiger partial charge is 0.320 e. The molecule has 1 amide bonds. The van der Waals surface area contributed by atoms with E-state index in [1.807, 2.05) is 12.1 Å². The maximum absolute atomic E-state index is 13.8. The fourth-order valence-corrected chi connectivity index (χ4v) is 4.69. The number of hydrogen-bond donors (Lipinski definition) is 0. The Kier molecular flexibility index (Phi) is 5.56. The van der Waals surface area contributed by atoms with Crippen molar-refractivity contribution in [1.29, 1.82) is 0 Å². The van der Waals surface area contributed by atoms with Crippen LogP contribution in [0.1, 0.15) is 31.0 Å². The Morgan fingerprint density at radius 3 is 2.66 bits per heavy atom. The van der Waals surface area contributed by atoms with E-state index in [0.29, 0.717) is 47.3 Å². The minimum absolute atomic E-state index is 0.0837. The molecule has 0 unspecified atom stereocenters. The lowest BCUT2D eigenvalue weighted by Gasteiger charge is -2.16. The Balaban J connectivity index is 1.47. The molecular formula is C21H19F2N7OS. The Hall–Kier alpha value is -3.34. The van der Waals surface area contributed by atoms with Gasteiger partial charge in [-0.25, -0.2) is 9.97 Å². The van der Waals surface area contributed by atoms with E-state index in [-0.39, 0.29) is 17.5 Å². The molecule has 0 spiro atoms. The van der Waals surface area contributed by atoms with Crippen LogP contribution in [0.4, 0.5) is 8.78 Å². The Bertz CT molecular complexity index is 1260. The van der Waals surface area contributed by atoms with Gasteiger partial charge in [0.2, 0.25) is 5.91 Å². The van der Waals surface area contributed by atoms with Crippen molar-refractivity contribution in [2.24, 2.45) is 0 Å². The molecule has 1 aliphatic rings. The molecule has 0 bridgehead atoms. The van der Waals surface area contributed by atoms with Crippen molar-refractivity contribution in [3.63, 3.8) is 0 Å². The summed E-state index contributed by atoms with van der Waals surface area (Å²) in [5, 5.41) is 9.06. The number of halogens is 2. The molecule has 1 saturated heterocycles. The number of amides is 1. The number of carbonyl (C=O) groups excluding carboxylic acids is 1. The number of likely N-dealkylation sites (tertiary alicyclic amines) is 1. The number of imidazole rings is 1. The van der Waals surface area contributed by atoms with Crippen molar-refractivity contribution in [2.45, 2.75) is 36.8 Å². The number of hydrogen-bond acceptors (Lipinski definition) is 6. The van der Waals surface area contributed by atoms with Crippen LogP contribution in [0.3, 0.4) is 0 Å². The predicted octanol–water partition coefficient (Wildman–Crippen LogP) is 3.82. The third-order valence-electron chi connectivity index (χ3n) is 5.28. The molecular weight excluding hydrogens is 436 g/mol. The van der Waals surface area contributed by atoms with Crippen molar-refractivity contribution in [2.75, 3.05) is 6.54 Å². The molecule has 5 rings (SSSR count). The second-order valence-electron chi connectivity index (χ2n) is 7.29. The summed E-state index contributed by atoms with van der Waals surface area (Å²) in [5.74, 6) is 1.68. The summed E-state index contributed by atoms with van der Waals surface area (Å²) in [7, 11) is 0. The summed E-state index contributed by atoms with van der Waals surface area (Å²) < 4.78 is 30.2. The largest absolute Gasteiger partial charge is 0.335 e. The number of fused-ring (bicyclic) bond motifs is 1. The van der Waals surface area contributed by atoms with Crippen LogP contribution in [0, 0.1) is 0 Å². The minimum Gasteiger partial charge on any atom is -0.335 e. The van der Waals surface area contributed by atoms with Gasteiger partial charge in [0.1, 0.15) is 11.6 Å². The van der Waals surface area contributed by atoms with E-state index < -0.39 is 6.55 Å². The molecule has 0 saturated carbocycles. The van der Waals surface area contributed by atoms with Crippen molar-refractivity contribution >= 4 is 28.7 Å². The van der Waals surface area contributed by atoms with Gasteiger partial charge >= 0.3 is 6.55 Å². The van der Waals surface area contributed by atoms with Crippen LogP contribution in [-0.4, -0.2) is 46.7 Å². The fraction of sp³-hybridized carbons (Fsp3) is 0.286. The van der Waals surface area contributed by atoms with Gasteiger partial charge in [0.15, 0.2) is 11.0 Å². The number of carbonyl (C=O) groups is 1. The summed E-state index contributed by atoms with van der Waals surface area (Å²) >= 11 is 1.25. The van der Waals surface area contributed by atoms with Gasteiger partial charge in [-0.05, 0) is 30.7 Å². The first-order chi connectivity index (χ1) is 15.6. The van der Waals surface area contributed by atoms with Gasteiger partial charge in [0.25, 0.3) is 0 Å². The highest BCUT2D eigenvalue weighted by Crippen LogP contribution is 2.29. The number of benzene rings is 1. The van der Waals surface area contributed by atoms with Gasteiger partial charge in [0.05, 0.1) is 23.3 Å². The first kappa shape index (κ1) is 20.6. The second kappa shape index (κ2) is 8.65.